The van der Waals surface area contributed by atoms with Crippen molar-refractivity contribution in [2.75, 3.05) is 0 Å². The van der Waals surface area contributed by atoms with E-state index in [1.165, 1.54) is 29.5 Å². The maximum atomic E-state index is 4.56. The number of hydrogen-bond acceptors (Lipinski definition) is 1. The monoisotopic (exact) mass is 397 g/mol. The average molecular weight is 398 g/mol. The summed E-state index contributed by atoms with van der Waals surface area (Å²) < 4.78 is 0. The molecule has 1 saturated carbocycles. The number of benzene rings is 2. The number of aromatic nitrogens is 1. The minimum atomic E-state index is 0.400. The fraction of sp³-hybridized carbons (Fsp3) is 0.414. The first-order chi connectivity index (χ1) is 14.3. The van der Waals surface area contributed by atoms with Crippen LogP contribution in [0.15, 0.2) is 72.9 Å². The lowest BCUT2D eigenvalue weighted by atomic mass is 9.59. The van der Waals surface area contributed by atoms with Gasteiger partial charge in [-0.05, 0) is 70.8 Å². The van der Waals surface area contributed by atoms with Crippen LogP contribution < -0.4 is 0 Å². The van der Waals surface area contributed by atoms with Crippen LogP contribution in [0.4, 0.5) is 0 Å². The summed E-state index contributed by atoms with van der Waals surface area (Å²) in [6, 6.07) is 23.9. The predicted octanol–water partition coefficient (Wildman–Crippen LogP) is 8.06. The average Bonchev–Trinajstić information content (AvgIpc) is 2.98. The van der Waals surface area contributed by atoms with E-state index in [2.05, 4.69) is 100 Å². The van der Waals surface area contributed by atoms with Crippen LogP contribution in [0.25, 0.3) is 22.4 Å². The molecule has 156 valence electrons. The van der Waals surface area contributed by atoms with Crippen molar-refractivity contribution < 1.29 is 0 Å². The Morgan fingerprint density at radius 2 is 1.60 bits per heavy atom. The number of nitrogens with zero attached hydrogens (tertiary/aromatic N) is 1. The van der Waals surface area contributed by atoms with Crippen molar-refractivity contribution in [1.82, 2.24) is 4.98 Å². The molecule has 4 rings (SSSR count). The molecule has 30 heavy (non-hydrogen) atoms. The molecular formula is C29H35N. The summed E-state index contributed by atoms with van der Waals surface area (Å²) in [5, 5.41) is 0. The van der Waals surface area contributed by atoms with Gasteiger partial charge in [-0.25, -0.2) is 0 Å². The van der Waals surface area contributed by atoms with Gasteiger partial charge >= 0.3 is 0 Å². The summed E-state index contributed by atoms with van der Waals surface area (Å²) in [6.45, 7) is 12.4. The Kier molecular flexibility index (Phi) is 5.57. The van der Waals surface area contributed by atoms with Crippen LogP contribution in [0.1, 0.15) is 53.0 Å². The first-order valence-electron chi connectivity index (χ1n) is 11.4. The van der Waals surface area contributed by atoms with Gasteiger partial charge in [0.25, 0.3) is 0 Å². The third kappa shape index (κ3) is 3.71. The Labute approximate surface area is 182 Å². The van der Waals surface area contributed by atoms with E-state index >= 15 is 0 Å². The fourth-order valence-corrected chi connectivity index (χ4v) is 5.43. The lowest BCUT2D eigenvalue weighted by molar-refractivity contribution is 0.0386. The molecule has 3 aromatic rings. The molecule has 1 aliphatic carbocycles. The molecule has 3 unspecified atom stereocenters. The zero-order valence-electron chi connectivity index (χ0n) is 19.2. The fourth-order valence-electron chi connectivity index (χ4n) is 5.43. The molecule has 1 aromatic heterocycles. The molecule has 0 N–H and O–H groups in total. The highest BCUT2D eigenvalue weighted by molar-refractivity contribution is 5.70. The summed E-state index contributed by atoms with van der Waals surface area (Å²) in [6.07, 6.45) is 5.77. The van der Waals surface area contributed by atoms with E-state index < -0.39 is 0 Å². The Bertz CT molecular complexity index is 986. The zero-order valence-corrected chi connectivity index (χ0v) is 19.2. The summed E-state index contributed by atoms with van der Waals surface area (Å²) in [4.78, 5) is 4.56. The van der Waals surface area contributed by atoms with Crippen LogP contribution in [0.5, 0.6) is 0 Å². The normalized spacial score (nSPS) is 24.0. The van der Waals surface area contributed by atoms with Crippen LogP contribution in [0.2, 0.25) is 0 Å². The van der Waals surface area contributed by atoms with Crippen molar-refractivity contribution in [2.45, 2.75) is 53.9 Å². The third-order valence-corrected chi connectivity index (χ3v) is 8.55. The lowest BCUT2D eigenvalue weighted by Gasteiger charge is -2.45. The van der Waals surface area contributed by atoms with Crippen LogP contribution in [-0.4, -0.2) is 4.98 Å². The van der Waals surface area contributed by atoms with Crippen molar-refractivity contribution in [2.24, 2.45) is 22.7 Å². The SMILES string of the molecule is CC1CCC(C)(C(C)Cc2ccc(-c3ccnc(-c4ccccc4)c3)cc2)C1(C)C. The molecule has 0 amide bonds. The van der Waals surface area contributed by atoms with Crippen LogP contribution in [0.3, 0.4) is 0 Å². The molecule has 0 bridgehead atoms. The van der Waals surface area contributed by atoms with Gasteiger partial charge in [0.15, 0.2) is 0 Å². The highest BCUT2D eigenvalue weighted by Gasteiger charge is 2.51. The maximum Gasteiger partial charge on any atom is 0.0708 e. The molecule has 2 aromatic carbocycles. The molecule has 0 spiro atoms. The van der Waals surface area contributed by atoms with Crippen molar-refractivity contribution in [1.29, 1.82) is 0 Å². The second-order valence-corrected chi connectivity index (χ2v) is 10.2. The lowest BCUT2D eigenvalue weighted by Crippen LogP contribution is -2.39. The van der Waals surface area contributed by atoms with E-state index in [9.17, 15) is 0 Å². The molecule has 0 saturated heterocycles. The molecule has 0 radical (unpaired) electrons. The van der Waals surface area contributed by atoms with Gasteiger partial charge < -0.3 is 0 Å². The highest BCUT2D eigenvalue weighted by Crippen LogP contribution is 2.59. The van der Waals surface area contributed by atoms with Gasteiger partial charge in [-0.15, -0.1) is 0 Å². The van der Waals surface area contributed by atoms with Crippen molar-refractivity contribution in [3.05, 3.63) is 78.5 Å². The van der Waals surface area contributed by atoms with E-state index in [1.807, 2.05) is 12.3 Å². The molecule has 1 fully saturated rings. The van der Waals surface area contributed by atoms with E-state index in [0.29, 0.717) is 16.7 Å². The maximum absolute atomic E-state index is 4.56. The highest BCUT2D eigenvalue weighted by atomic mass is 14.7. The van der Waals surface area contributed by atoms with E-state index in [0.717, 1.165) is 23.6 Å². The van der Waals surface area contributed by atoms with Gasteiger partial charge in [-0.1, -0.05) is 89.2 Å². The molecule has 1 aliphatic rings. The third-order valence-electron chi connectivity index (χ3n) is 8.55. The van der Waals surface area contributed by atoms with Crippen LogP contribution >= 0.6 is 0 Å². The molecule has 1 nitrogen and oxygen atoms in total. The molecule has 3 atom stereocenters. The van der Waals surface area contributed by atoms with Gasteiger partial charge in [-0.2, -0.15) is 0 Å². The van der Waals surface area contributed by atoms with E-state index in [4.69, 9.17) is 0 Å². The van der Waals surface area contributed by atoms with Crippen molar-refractivity contribution >= 4 is 0 Å². The molecule has 1 heteroatoms. The smallest absolute Gasteiger partial charge is 0.0708 e. The Hall–Kier alpha value is -2.41. The van der Waals surface area contributed by atoms with E-state index in [-0.39, 0.29) is 0 Å². The second kappa shape index (κ2) is 8.02. The zero-order chi connectivity index (χ0) is 21.4. The largest absolute Gasteiger partial charge is 0.256 e. The van der Waals surface area contributed by atoms with Gasteiger partial charge in [0, 0.05) is 11.8 Å². The first kappa shape index (κ1) is 20.8. The van der Waals surface area contributed by atoms with Gasteiger partial charge in [0.2, 0.25) is 0 Å². The number of hydrogen-bond donors (Lipinski definition) is 0. The summed E-state index contributed by atoms with van der Waals surface area (Å²) >= 11 is 0. The minimum Gasteiger partial charge on any atom is -0.256 e. The van der Waals surface area contributed by atoms with Crippen molar-refractivity contribution in [3.63, 3.8) is 0 Å². The van der Waals surface area contributed by atoms with Crippen LogP contribution in [0, 0.1) is 22.7 Å². The van der Waals surface area contributed by atoms with E-state index in [1.54, 1.807) is 0 Å². The van der Waals surface area contributed by atoms with Crippen LogP contribution in [-0.2, 0) is 6.42 Å². The standard InChI is InChI=1S/C29H35N/c1-21-15-17-29(5,28(21,3)4)22(2)19-23-11-13-24(14-12-23)26-16-18-30-27(20-26)25-9-7-6-8-10-25/h6-14,16,18,20-22H,15,17,19H2,1-5H3. The minimum absolute atomic E-state index is 0.400. The Morgan fingerprint density at radius 1 is 0.900 bits per heavy atom. The molecule has 0 aliphatic heterocycles. The first-order valence-corrected chi connectivity index (χ1v) is 11.4. The number of pyridine rings is 1. The predicted molar refractivity (Wildman–Crippen MR) is 128 cm³/mol. The van der Waals surface area contributed by atoms with Gasteiger partial charge in [0.05, 0.1) is 5.69 Å². The molecular weight excluding hydrogens is 362 g/mol. The Morgan fingerprint density at radius 3 is 2.23 bits per heavy atom. The van der Waals surface area contributed by atoms with Crippen molar-refractivity contribution in [3.8, 4) is 22.4 Å². The number of rotatable bonds is 5. The summed E-state index contributed by atoms with van der Waals surface area (Å²) in [5.74, 6) is 1.48. The molecule has 1 heterocycles. The topological polar surface area (TPSA) is 12.9 Å². The van der Waals surface area contributed by atoms with Gasteiger partial charge in [-0.3, -0.25) is 4.98 Å². The quantitative estimate of drug-likeness (QED) is 0.424. The Balaban J connectivity index is 1.51. The summed E-state index contributed by atoms with van der Waals surface area (Å²) in [7, 11) is 0. The van der Waals surface area contributed by atoms with Gasteiger partial charge in [0.1, 0.15) is 0 Å². The summed E-state index contributed by atoms with van der Waals surface area (Å²) in [5.41, 5.74) is 6.91. The second-order valence-electron chi connectivity index (χ2n) is 10.2.